The zero-order valence-electron chi connectivity index (χ0n) is 16.8. The summed E-state index contributed by atoms with van der Waals surface area (Å²) in [5.74, 6) is 1.17. The lowest BCUT2D eigenvalue weighted by molar-refractivity contribution is -0.144. The van der Waals surface area contributed by atoms with Crippen LogP contribution in [-0.4, -0.2) is 22.6 Å². The Bertz CT molecular complexity index is 722. The second-order valence-electron chi connectivity index (χ2n) is 10.2. The van der Waals surface area contributed by atoms with E-state index in [9.17, 15) is 19.5 Å². The molecule has 3 fully saturated rings. The van der Waals surface area contributed by atoms with Gasteiger partial charge in [-0.3, -0.25) is 14.4 Å². The van der Waals surface area contributed by atoms with Crippen LogP contribution in [0.3, 0.4) is 0 Å². The lowest BCUT2D eigenvalue weighted by Gasteiger charge is -2.57. The molecular formula is C23H32O4. The number of hydrogen-bond donors (Lipinski definition) is 1. The first-order chi connectivity index (χ1) is 12.7. The molecule has 4 nitrogen and oxygen atoms in total. The highest BCUT2D eigenvalue weighted by molar-refractivity contribution is 5.95. The lowest BCUT2D eigenvalue weighted by atomic mass is 9.46. The van der Waals surface area contributed by atoms with Gasteiger partial charge in [0.05, 0.1) is 0 Å². The third-order valence-electron chi connectivity index (χ3n) is 9.04. The van der Waals surface area contributed by atoms with Crippen molar-refractivity contribution in [3.8, 4) is 0 Å². The average molecular weight is 373 g/mol. The van der Waals surface area contributed by atoms with Gasteiger partial charge < -0.3 is 5.11 Å². The number of carboxylic acid groups (broad SMARTS) is 1. The van der Waals surface area contributed by atoms with Crippen LogP contribution in [0.5, 0.6) is 0 Å². The fourth-order valence-electron chi connectivity index (χ4n) is 7.65. The molecule has 4 aliphatic carbocycles. The molecule has 0 heterocycles. The van der Waals surface area contributed by atoms with Crippen LogP contribution >= 0.6 is 0 Å². The molecule has 4 aliphatic rings. The van der Waals surface area contributed by atoms with E-state index >= 15 is 0 Å². The van der Waals surface area contributed by atoms with Gasteiger partial charge in [0.2, 0.25) is 0 Å². The molecule has 7 atom stereocenters. The molecule has 0 radical (unpaired) electrons. The van der Waals surface area contributed by atoms with Gasteiger partial charge in [-0.1, -0.05) is 26.3 Å². The van der Waals surface area contributed by atoms with Crippen molar-refractivity contribution in [1.29, 1.82) is 0 Å². The van der Waals surface area contributed by atoms with Gasteiger partial charge in [-0.25, -0.2) is 0 Å². The Morgan fingerprint density at radius 2 is 1.93 bits per heavy atom. The summed E-state index contributed by atoms with van der Waals surface area (Å²) >= 11 is 0. The quantitative estimate of drug-likeness (QED) is 0.796. The molecule has 0 aliphatic heterocycles. The highest BCUT2D eigenvalue weighted by Crippen LogP contribution is 2.66. The van der Waals surface area contributed by atoms with Crippen molar-refractivity contribution in [2.24, 2.45) is 40.4 Å². The van der Waals surface area contributed by atoms with Crippen LogP contribution in [0.2, 0.25) is 0 Å². The highest BCUT2D eigenvalue weighted by Gasteiger charge is 2.61. The first-order valence-electron chi connectivity index (χ1n) is 10.6. The normalized spacial score (nSPS) is 44.8. The second-order valence-corrected chi connectivity index (χ2v) is 10.2. The maximum absolute atomic E-state index is 13.2. The summed E-state index contributed by atoms with van der Waals surface area (Å²) < 4.78 is 0. The summed E-state index contributed by atoms with van der Waals surface area (Å²) in [6.07, 6.45) is 8.15. The van der Waals surface area contributed by atoms with E-state index in [0.29, 0.717) is 36.4 Å². The Balaban J connectivity index is 1.65. The predicted molar refractivity (Wildman–Crippen MR) is 102 cm³/mol. The molecule has 0 unspecified atom stereocenters. The standard InChI is InChI=1S/C23H32O4/c1-13(10-20(26)27)16-4-5-17-21-18(7-9-23(16,17)3)22(2)8-6-15(24)11-14(22)12-19(21)25/h11,13,16-18,21H,4-10,12H2,1-3H3,(H,26,27)/t13-,16-,17+,18+,21+,22+,23-/m1/s1. The molecule has 148 valence electrons. The van der Waals surface area contributed by atoms with Crippen LogP contribution in [0.4, 0.5) is 0 Å². The summed E-state index contributed by atoms with van der Waals surface area (Å²) in [7, 11) is 0. The zero-order valence-corrected chi connectivity index (χ0v) is 16.8. The molecule has 0 bridgehead atoms. The fraction of sp³-hybridized carbons (Fsp3) is 0.783. The Morgan fingerprint density at radius 3 is 2.63 bits per heavy atom. The van der Waals surface area contributed by atoms with Crippen molar-refractivity contribution in [1.82, 2.24) is 0 Å². The second kappa shape index (κ2) is 6.28. The fourth-order valence-corrected chi connectivity index (χ4v) is 7.65. The van der Waals surface area contributed by atoms with E-state index < -0.39 is 5.97 Å². The zero-order chi connectivity index (χ0) is 19.6. The van der Waals surface area contributed by atoms with E-state index in [2.05, 4.69) is 20.8 Å². The number of carbonyl (C=O) groups is 3. The number of ketones is 2. The number of rotatable bonds is 3. The molecule has 1 N–H and O–H groups in total. The molecule has 4 rings (SSSR count). The largest absolute Gasteiger partial charge is 0.481 e. The van der Waals surface area contributed by atoms with Crippen molar-refractivity contribution in [2.75, 3.05) is 0 Å². The summed E-state index contributed by atoms with van der Waals surface area (Å²) in [4.78, 5) is 36.4. The predicted octanol–water partition coefficient (Wildman–Crippen LogP) is 4.42. The van der Waals surface area contributed by atoms with Gasteiger partial charge in [-0.2, -0.15) is 0 Å². The van der Waals surface area contributed by atoms with E-state index in [1.165, 1.54) is 0 Å². The number of carboxylic acids is 1. The van der Waals surface area contributed by atoms with Gasteiger partial charge in [0.1, 0.15) is 5.78 Å². The number of hydrogen-bond acceptors (Lipinski definition) is 3. The summed E-state index contributed by atoms with van der Waals surface area (Å²) in [5.41, 5.74) is 1.16. The Labute approximate surface area is 161 Å². The van der Waals surface area contributed by atoms with E-state index in [-0.39, 0.29) is 34.9 Å². The van der Waals surface area contributed by atoms with Crippen LogP contribution < -0.4 is 0 Å². The van der Waals surface area contributed by atoms with Crippen molar-refractivity contribution in [2.45, 2.75) is 72.1 Å². The van der Waals surface area contributed by atoms with E-state index in [0.717, 1.165) is 37.7 Å². The van der Waals surface area contributed by atoms with Crippen LogP contribution in [0.25, 0.3) is 0 Å². The minimum Gasteiger partial charge on any atom is -0.481 e. The molecule has 27 heavy (non-hydrogen) atoms. The monoisotopic (exact) mass is 372 g/mol. The van der Waals surface area contributed by atoms with Crippen molar-refractivity contribution >= 4 is 17.5 Å². The summed E-state index contributed by atoms with van der Waals surface area (Å²) in [5, 5.41) is 9.25. The van der Waals surface area contributed by atoms with Gasteiger partial charge in [0.15, 0.2) is 5.78 Å². The van der Waals surface area contributed by atoms with E-state index in [4.69, 9.17) is 0 Å². The molecule has 0 aromatic rings. The first-order valence-corrected chi connectivity index (χ1v) is 10.6. The lowest BCUT2D eigenvalue weighted by Crippen LogP contribution is -2.54. The third-order valence-corrected chi connectivity index (χ3v) is 9.04. The van der Waals surface area contributed by atoms with Crippen LogP contribution in [0.1, 0.15) is 72.1 Å². The molecule has 0 aromatic carbocycles. The minimum atomic E-state index is -0.717. The SMILES string of the molecule is C[C@H](CC(=O)O)[C@H]1CC[C@H]2[C@@H]3C(=O)CC4=CC(=O)CC[C@]4(C)[C@H]3CC[C@]12C. The molecule has 0 spiro atoms. The maximum atomic E-state index is 13.2. The number of carbonyl (C=O) groups excluding carboxylic acids is 2. The van der Waals surface area contributed by atoms with Gasteiger partial charge in [-0.15, -0.1) is 0 Å². The van der Waals surface area contributed by atoms with Gasteiger partial charge in [0, 0.05) is 25.2 Å². The molecule has 3 saturated carbocycles. The van der Waals surface area contributed by atoms with Crippen molar-refractivity contribution in [3.05, 3.63) is 11.6 Å². The van der Waals surface area contributed by atoms with Gasteiger partial charge in [0.25, 0.3) is 0 Å². The molecule has 0 amide bonds. The first kappa shape index (κ1) is 18.9. The maximum Gasteiger partial charge on any atom is 0.303 e. The average Bonchev–Trinajstić information content (AvgIpc) is 2.93. The Hall–Kier alpha value is -1.45. The van der Waals surface area contributed by atoms with Crippen molar-refractivity contribution in [3.63, 3.8) is 0 Å². The van der Waals surface area contributed by atoms with Crippen LogP contribution in [0.15, 0.2) is 11.6 Å². The molecule has 0 aromatic heterocycles. The van der Waals surface area contributed by atoms with Crippen LogP contribution in [0, 0.1) is 40.4 Å². The molecular weight excluding hydrogens is 340 g/mol. The summed E-state index contributed by atoms with van der Waals surface area (Å²) in [6, 6.07) is 0. The van der Waals surface area contributed by atoms with E-state index in [1.807, 2.05) is 0 Å². The van der Waals surface area contributed by atoms with Gasteiger partial charge >= 0.3 is 5.97 Å². The number of fused-ring (bicyclic) bond motifs is 5. The third kappa shape index (κ3) is 2.74. The Morgan fingerprint density at radius 1 is 1.19 bits per heavy atom. The smallest absolute Gasteiger partial charge is 0.303 e. The topological polar surface area (TPSA) is 71.4 Å². The van der Waals surface area contributed by atoms with E-state index in [1.54, 1.807) is 6.08 Å². The molecule has 0 saturated heterocycles. The van der Waals surface area contributed by atoms with Gasteiger partial charge in [-0.05, 0) is 72.7 Å². The van der Waals surface area contributed by atoms with Crippen molar-refractivity contribution < 1.29 is 19.5 Å². The molecule has 4 heteroatoms. The Kier molecular flexibility index (Phi) is 4.40. The summed E-state index contributed by atoms with van der Waals surface area (Å²) in [6.45, 7) is 6.70. The minimum absolute atomic E-state index is 0.00140. The highest BCUT2D eigenvalue weighted by atomic mass is 16.4. The number of aliphatic carboxylic acids is 1. The number of allylic oxidation sites excluding steroid dienone is 1. The van der Waals surface area contributed by atoms with Crippen LogP contribution in [-0.2, 0) is 14.4 Å². The number of Topliss-reactive ketones (excluding diaryl/α,β-unsaturated/α-hetero) is 1.